The van der Waals surface area contributed by atoms with Gasteiger partial charge < -0.3 is 14.6 Å². The van der Waals surface area contributed by atoms with Crippen LogP contribution in [0.1, 0.15) is 24.0 Å². The van der Waals surface area contributed by atoms with E-state index < -0.39 is 11.8 Å². The van der Waals surface area contributed by atoms with Crippen molar-refractivity contribution in [3.63, 3.8) is 0 Å². The third kappa shape index (κ3) is 1.90. The smallest absolute Gasteiger partial charge is 0.161 e. The van der Waals surface area contributed by atoms with Crippen LogP contribution in [0.4, 0.5) is 0 Å². The lowest BCUT2D eigenvalue weighted by atomic mass is 9.69. The Balaban J connectivity index is 1.94. The summed E-state index contributed by atoms with van der Waals surface area (Å²) in [5.74, 6) is 1.64. The number of fused-ring (bicyclic) bond motifs is 1. The van der Waals surface area contributed by atoms with E-state index in [0.717, 1.165) is 18.5 Å². The molecule has 122 valence electrons. The van der Waals surface area contributed by atoms with Crippen LogP contribution in [0.3, 0.4) is 0 Å². The van der Waals surface area contributed by atoms with Gasteiger partial charge in [-0.1, -0.05) is 6.08 Å². The number of carbonyl (C=O) groups is 1. The fraction of sp³-hybridized carbons (Fsp3) is 0.500. The second-order valence-electron chi connectivity index (χ2n) is 6.56. The first kappa shape index (κ1) is 14.7. The second kappa shape index (κ2) is 5.08. The van der Waals surface area contributed by atoms with Gasteiger partial charge in [-0.05, 0) is 42.2 Å². The van der Waals surface area contributed by atoms with E-state index in [1.165, 1.54) is 5.56 Å². The number of aliphatic hydroxyl groups is 1. The largest absolute Gasteiger partial charge is 0.493 e. The molecule has 3 aliphatic rings. The normalized spacial score (nSPS) is 32.2. The molecule has 0 radical (unpaired) electrons. The van der Waals surface area contributed by atoms with Crippen LogP contribution in [0.15, 0.2) is 24.3 Å². The molecule has 1 fully saturated rings. The Morgan fingerprint density at radius 3 is 2.74 bits per heavy atom. The van der Waals surface area contributed by atoms with Gasteiger partial charge in [-0.3, -0.25) is 9.69 Å². The maximum atomic E-state index is 12.2. The summed E-state index contributed by atoms with van der Waals surface area (Å²) in [4.78, 5) is 14.3. The first-order valence-electron chi connectivity index (χ1n) is 8.01. The standard InChI is InChI=1S/C18H21NO4/c1-22-15-7-11-5-6-19-17(21)8-12-3-4-13(20)10-18(12,19)14(11)9-16(15)23-2/h3-4,7,9,12,17,21H,5-6,8,10H2,1-2H3/t12-,17+,18-/m0/s1. The predicted octanol–water partition coefficient (Wildman–Crippen LogP) is 1.62. The summed E-state index contributed by atoms with van der Waals surface area (Å²) in [6.45, 7) is 0.751. The molecule has 2 aliphatic heterocycles. The van der Waals surface area contributed by atoms with E-state index in [9.17, 15) is 9.90 Å². The maximum Gasteiger partial charge on any atom is 0.161 e. The molecule has 5 nitrogen and oxygen atoms in total. The molecule has 1 spiro atoms. The molecule has 5 heteroatoms. The van der Waals surface area contributed by atoms with E-state index in [4.69, 9.17) is 9.47 Å². The summed E-state index contributed by atoms with van der Waals surface area (Å²) in [5, 5.41) is 10.5. The number of hydrogen-bond acceptors (Lipinski definition) is 5. The van der Waals surface area contributed by atoms with Gasteiger partial charge in [-0.15, -0.1) is 0 Å². The van der Waals surface area contributed by atoms with E-state index in [1.807, 2.05) is 18.2 Å². The van der Waals surface area contributed by atoms with Crippen molar-refractivity contribution in [3.8, 4) is 11.5 Å². The molecular weight excluding hydrogens is 294 g/mol. The van der Waals surface area contributed by atoms with E-state index >= 15 is 0 Å². The summed E-state index contributed by atoms with van der Waals surface area (Å²) < 4.78 is 10.9. The molecule has 2 heterocycles. The second-order valence-corrected chi connectivity index (χ2v) is 6.56. The SMILES string of the molecule is COc1cc2c(cc1OC)[C@]13CC(=O)C=C[C@H]1C[C@@H](O)N3CC2. The number of ether oxygens (including phenoxy) is 2. The van der Waals surface area contributed by atoms with Gasteiger partial charge in [0, 0.05) is 18.9 Å². The van der Waals surface area contributed by atoms with E-state index in [-0.39, 0.29) is 11.7 Å². The molecule has 4 rings (SSSR count). The van der Waals surface area contributed by atoms with Crippen molar-refractivity contribution >= 4 is 5.78 Å². The van der Waals surface area contributed by atoms with Crippen LogP contribution in [0.2, 0.25) is 0 Å². The molecule has 1 N–H and O–H groups in total. The number of ketones is 1. The molecule has 3 atom stereocenters. The van der Waals surface area contributed by atoms with Gasteiger partial charge in [0.1, 0.15) is 6.23 Å². The number of benzene rings is 1. The van der Waals surface area contributed by atoms with Crippen LogP contribution >= 0.6 is 0 Å². The minimum Gasteiger partial charge on any atom is -0.493 e. The highest BCUT2D eigenvalue weighted by Crippen LogP contribution is 2.55. The molecule has 1 aromatic rings. The average molecular weight is 315 g/mol. The van der Waals surface area contributed by atoms with Crippen molar-refractivity contribution < 1.29 is 19.4 Å². The van der Waals surface area contributed by atoms with Crippen molar-refractivity contribution in [1.29, 1.82) is 0 Å². The van der Waals surface area contributed by atoms with Crippen LogP contribution < -0.4 is 9.47 Å². The van der Waals surface area contributed by atoms with E-state index in [2.05, 4.69) is 4.90 Å². The Kier molecular flexibility index (Phi) is 3.25. The number of nitrogens with zero attached hydrogens (tertiary/aromatic N) is 1. The number of methoxy groups -OCH3 is 2. The third-order valence-electron chi connectivity index (χ3n) is 5.61. The topological polar surface area (TPSA) is 59.0 Å². The zero-order valence-corrected chi connectivity index (χ0v) is 13.4. The molecule has 1 saturated heterocycles. The molecule has 1 aromatic carbocycles. The molecule has 0 amide bonds. The Hall–Kier alpha value is -1.85. The molecule has 1 aliphatic carbocycles. The number of aliphatic hydroxyl groups excluding tert-OH is 1. The number of carbonyl (C=O) groups excluding carboxylic acids is 1. The van der Waals surface area contributed by atoms with E-state index in [1.54, 1.807) is 20.3 Å². The maximum absolute atomic E-state index is 12.2. The van der Waals surface area contributed by atoms with Gasteiger partial charge in [0.15, 0.2) is 17.3 Å². The molecule has 0 unspecified atom stereocenters. The molecular formula is C18H21NO4. The zero-order chi connectivity index (χ0) is 16.2. The fourth-order valence-electron chi connectivity index (χ4n) is 4.62. The molecule has 0 bridgehead atoms. The minimum atomic E-state index is -0.503. The lowest BCUT2D eigenvalue weighted by molar-refractivity contribution is -0.120. The van der Waals surface area contributed by atoms with Crippen molar-refractivity contribution in [2.24, 2.45) is 5.92 Å². The minimum absolute atomic E-state index is 0.114. The van der Waals surface area contributed by atoms with Crippen LogP contribution in [0.25, 0.3) is 0 Å². The molecule has 0 saturated carbocycles. The summed E-state index contributed by atoms with van der Waals surface area (Å²) >= 11 is 0. The first-order chi connectivity index (χ1) is 11.1. The Bertz CT molecular complexity index is 699. The van der Waals surface area contributed by atoms with Crippen molar-refractivity contribution in [2.45, 2.75) is 31.0 Å². The van der Waals surface area contributed by atoms with Gasteiger partial charge in [0.05, 0.1) is 19.8 Å². The summed E-state index contributed by atoms with van der Waals surface area (Å²) in [7, 11) is 3.25. The van der Waals surface area contributed by atoms with Crippen LogP contribution in [0.5, 0.6) is 11.5 Å². The highest BCUT2D eigenvalue weighted by molar-refractivity contribution is 5.92. The molecule has 23 heavy (non-hydrogen) atoms. The average Bonchev–Trinajstić information content (AvgIpc) is 2.85. The highest BCUT2D eigenvalue weighted by Gasteiger charge is 2.57. The van der Waals surface area contributed by atoms with Crippen LogP contribution in [0, 0.1) is 5.92 Å². The predicted molar refractivity (Wildman–Crippen MR) is 84.5 cm³/mol. The van der Waals surface area contributed by atoms with E-state index in [0.29, 0.717) is 24.3 Å². The molecule has 0 aromatic heterocycles. The van der Waals surface area contributed by atoms with Crippen LogP contribution in [-0.2, 0) is 16.8 Å². The summed E-state index contributed by atoms with van der Waals surface area (Å²) in [6, 6.07) is 4.02. The Morgan fingerprint density at radius 1 is 1.26 bits per heavy atom. The fourth-order valence-corrected chi connectivity index (χ4v) is 4.62. The van der Waals surface area contributed by atoms with Gasteiger partial charge in [-0.2, -0.15) is 0 Å². The van der Waals surface area contributed by atoms with Gasteiger partial charge >= 0.3 is 0 Å². The van der Waals surface area contributed by atoms with Gasteiger partial charge in [-0.25, -0.2) is 0 Å². The van der Waals surface area contributed by atoms with Crippen LogP contribution in [-0.4, -0.2) is 42.8 Å². The van der Waals surface area contributed by atoms with Crippen molar-refractivity contribution in [3.05, 3.63) is 35.4 Å². The quantitative estimate of drug-likeness (QED) is 0.899. The highest BCUT2D eigenvalue weighted by atomic mass is 16.5. The number of allylic oxidation sites excluding steroid dienone is 1. The zero-order valence-electron chi connectivity index (χ0n) is 13.4. The lowest BCUT2D eigenvalue weighted by Crippen LogP contribution is -2.53. The van der Waals surface area contributed by atoms with Crippen molar-refractivity contribution in [2.75, 3.05) is 20.8 Å². The first-order valence-corrected chi connectivity index (χ1v) is 8.01. The van der Waals surface area contributed by atoms with Gasteiger partial charge in [0.2, 0.25) is 0 Å². The number of rotatable bonds is 2. The van der Waals surface area contributed by atoms with Gasteiger partial charge in [0.25, 0.3) is 0 Å². The Morgan fingerprint density at radius 2 is 2.00 bits per heavy atom. The lowest BCUT2D eigenvalue weighted by Gasteiger charge is -2.48. The third-order valence-corrected chi connectivity index (χ3v) is 5.61. The number of hydrogen-bond donors (Lipinski definition) is 1. The van der Waals surface area contributed by atoms with Crippen molar-refractivity contribution in [1.82, 2.24) is 4.90 Å². The summed E-state index contributed by atoms with van der Waals surface area (Å²) in [5.41, 5.74) is 1.83. The Labute approximate surface area is 135 Å². The summed E-state index contributed by atoms with van der Waals surface area (Å²) in [6.07, 6.45) is 5.05. The monoisotopic (exact) mass is 315 g/mol.